The van der Waals surface area contributed by atoms with E-state index in [-0.39, 0.29) is 17.1 Å². The lowest BCUT2D eigenvalue weighted by molar-refractivity contribution is -0.384. The van der Waals surface area contributed by atoms with Gasteiger partial charge in [0, 0.05) is 12.3 Å². The van der Waals surface area contributed by atoms with Gasteiger partial charge in [0.2, 0.25) is 0 Å². The number of benzene rings is 1. The molecule has 0 amide bonds. The third-order valence-corrected chi connectivity index (χ3v) is 2.43. The van der Waals surface area contributed by atoms with E-state index in [9.17, 15) is 14.9 Å². The smallest absolute Gasteiger partial charge is 0.356 e. The Morgan fingerprint density at radius 3 is 2.74 bits per heavy atom. The molecule has 0 saturated heterocycles. The van der Waals surface area contributed by atoms with E-state index in [1.807, 2.05) is 0 Å². The van der Waals surface area contributed by atoms with E-state index < -0.39 is 10.9 Å². The van der Waals surface area contributed by atoms with Crippen molar-refractivity contribution >= 4 is 11.7 Å². The molecule has 1 N–H and O–H groups in total. The summed E-state index contributed by atoms with van der Waals surface area (Å²) in [5, 5.41) is 23.3. The Labute approximate surface area is 107 Å². The number of rotatable bonds is 4. The van der Waals surface area contributed by atoms with E-state index in [1.54, 1.807) is 0 Å². The zero-order valence-electron chi connectivity index (χ0n) is 9.81. The van der Waals surface area contributed by atoms with Gasteiger partial charge < -0.3 is 9.84 Å². The SMILES string of the molecule is COc1cc([N+](=O)[O-])ccc1-n1ccc(C(=O)O)n1. The topological polar surface area (TPSA) is 107 Å². The first-order chi connectivity index (χ1) is 9.02. The van der Waals surface area contributed by atoms with Crippen molar-refractivity contribution in [2.75, 3.05) is 7.11 Å². The number of carboxylic acid groups (broad SMARTS) is 1. The van der Waals surface area contributed by atoms with E-state index in [2.05, 4.69) is 5.10 Å². The van der Waals surface area contributed by atoms with Gasteiger partial charge in [-0.2, -0.15) is 5.10 Å². The zero-order chi connectivity index (χ0) is 14.0. The first-order valence-corrected chi connectivity index (χ1v) is 5.14. The first kappa shape index (κ1) is 12.6. The molecule has 0 unspecified atom stereocenters. The third kappa shape index (κ3) is 2.37. The number of aromatic nitrogens is 2. The fourth-order valence-corrected chi connectivity index (χ4v) is 1.54. The van der Waals surface area contributed by atoms with Gasteiger partial charge in [0.05, 0.1) is 18.1 Å². The Kier molecular flexibility index (Phi) is 3.15. The van der Waals surface area contributed by atoms with Crippen LogP contribution in [0.2, 0.25) is 0 Å². The molecule has 8 heteroatoms. The van der Waals surface area contributed by atoms with Crippen LogP contribution in [-0.4, -0.2) is 32.9 Å². The molecule has 2 aromatic rings. The van der Waals surface area contributed by atoms with Crippen molar-refractivity contribution in [3.63, 3.8) is 0 Å². The maximum atomic E-state index is 10.7. The molecular formula is C11H9N3O5. The molecule has 0 aliphatic carbocycles. The Balaban J connectivity index is 2.48. The molecule has 1 aromatic carbocycles. The van der Waals surface area contributed by atoms with Gasteiger partial charge in [0.1, 0.15) is 5.69 Å². The number of nitro groups is 1. The molecule has 19 heavy (non-hydrogen) atoms. The molecule has 0 spiro atoms. The van der Waals surface area contributed by atoms with Crippen LogP contribution in [0.25, 0.3) is 5.69 Å². The number of hydrogen-bond donors (Lipinski definition) is 1. The molecule has 0 fully saturated rings. The predicted molar refractivity (Wildman–Crippen MR) is 63.7 cm³/mol. The Morgan fingerprint density at radius 1 is 1.47 bits per heavy atom. The molecule has 0 saturated carbocycles. The van der Waals surface area contributed by atoms with Crippen molar-refractivity contribution in [2.24, 2.45) is 0 Å². The number of aromatic carboxylic acids is 1. The molecule has 98 valence electrons. The molecule has 0 radical (unpaired) electrons. The normalized spacial score (nSPS) is 10.2. The largest absolute Gasteiger partial charge is 0.494 e. The van der Waals surface area contributed by atoms with Crippen LogP contribution in [0.5, 0.6) is 5.75 Å². The van der Waals surface area contributed by atoms with Crippen LogP contribution < -0.4 is 4.74 Å². The summed E-state index contributed by atoms with van der Waals surface area (Å²) in [6, 6.07) is 5.30. The number of methoxy groups -OCH3 is 1. The van der Waals surface area contributed by atoms with Crippen LogP contribution in [0.15, 0.2) is 30.5 Å². The van der Waals surface area contributed by atoms with Crippen LogP contribution in [0.1, 0.15) is 10.5 Å². The second-order valence-corrected chi connectivity index (χ2v) is 3.56. The van der Waals surface area contributed by atoms with Crippen molar-refractivity contribution in [1.82, 2.24) is 9.78 Å². The highest BCUT2D eigenvalue weighted by molar-refractivity contribution is 5.85. The standard InChI is InChI=1S/C11H9N3O5/c1-19-10-6-7(14(17)18)2-3-9(10)13-5-4-8(12-13)11(15)16/h2-6H,1H3,(H,15,16). The molecule has 0 aliphatic rings. The number of carboxylic acids is 1. The minimum Gasteiger partial charge on any atom is -0.494 e. The molecule has 1 heterocycles. The molecule has 0 atom stereocenters. The number of nitrogens with zero attached hydrogens (tertiary/aromatic N) is 3. The number of nitro benzene ring substituents is 1. The van der Waals surface area contributed by atoms with Gasteiger partial charge >= 0.3 is 5.97 Å². The highest BCUT2D eigenvalue weighted by Crippen LogP contribution is 2.27. The second kappa shape index (κ2) is 4.77. The Hall–Kier alpha value is -2.90. The van der Waals surface area contributed by atoms with E-state index in [4.69, 9.17) is 9.84 Å². The van der Waals surface area contributed by atoms with Crippen molar-refractivity contribution in [3.05, 3.63) is 46.3 Å². The quantitative estimate of drug-likeness (QED) is 0.661. The summed E-state index contributed by atoms with van der Waals surface area (Å²) < 4.78 is 6.33. The van der Waals surface area contributed by atoms with Crippen molar-refractivity contribution in [3.8, 4) is 11.4 Å². The van der Waals surface area contributed by atoms with Crippen LogP contribution in [-0.2, 0) is 0 Å². The highest BCUT2D eigenvalue weighted by Gasteiger charge is 2.14. The van der Waals surface area contributed by atoms with Crippen LogP contribution in [0, 0.1) is 10.1 Å². The molecule has 2 rings (SSSR count). The second-order valence-electron chi connectivity index (χ2n) is 3.56. The van der Waals surface area contributed by atoms with Gasteiger partial charge in [-0.25, -0.2) is 9.48 Å². The summed E-state index contributed by atoms with van der Waals surface area (Å²) in [7, 11) is 1.37. The lowest BCUT2D eigenvalue weighted by Crippen LogP contribution is -2.03. The van der Waals surface area contributed by atoms with Gasteiger partial charge in [-0.15, -0.1) is 0 Å². The summed E-state index contributed by atoms with van der Waals surface area (Å²) in [6.45, 7) is 0. The third-order valence-electron chi connectivity index (χ3n) is 2.43. The van der Waals surface area contributed by atoms with Crippen molar-refractivity contribution in [1.29, 1.82) is 0 Å². The summed E-state index contributed by atoms with van der Waals surface area (Å²) in [6.07, 6.45) is 1.44. The number of ether oxygens (including phenoxy) is 1. The van der Waals surface area contributed by atoms with Crippen LogP contribution >= 0.6 is 0 Å². The summed E-state index contributed by atoms with van der Waals surface area (Å²) in [4.78, 5) is 20.9. The van der Waals surface area contributed by atoms with Crippen molar-refractivity contribution < 1.29 is 19.6 Å². The molecule has 1 aromatic heterocycles. The van der Waals surface area contributed by atoms with Crippen LogP contribution in [0.3, 0.4) is 0 Å². The molecule has 8 nitrogen and oxygen atoms in total. The fourth-order valence-electron chi connectivity index (χ4n) is 1.54. The van der Waals surface area contributed by atoms with Crippen molar-refractivity contribution in [2.45, 2.75) is 0 Å². The predicted octanol–water partition coefficient (Wildman–Crippen LogP) is 1.49. The van der Waals surface area contributed by atoms with E-state index >= 15 is 0 Å². The lowest BCUT2D eigenvalue weighted by Gasteiger charge is -2.07. The highest BCUT2D eigenvalue weighted by atomic mass is 16.6. The number of carbonyl (C=O) groups is 1. The Bertz CT molecular complexity index is 650. The molecule has 0 aliphatic heterocycles. The number of hydrogen-bond acceptors (Lipinski definition) is 5. The van der Waals surface area contributed by atoms with Gasteiger partial charge in [-0.05, 0) is 12.1 Å². The molecular weight excluding hydrogens is 254 g/mol. The van der Waals surface area contributed by atoms with Gasteiger partial charge in [-0.3, -0.25) is 10.1 Å². The van der Waals surface area contributed by atoms with Gasteiger partial charge in [0.15, 0.2) is 11.4 Å². The summed E-state index contributed by atoms with van der Waals surface area (Å²) >= 11 is 0. The minimum absolute atomic E-state index is 0.119. The summed E-state index contributed by atoms with van der Waals surface area (Å²) in [5.41, 5.74) is 0.173. The number of non-ortho nitro benzene ring substituents is 1. The average Bonchev–Trinajstić information content (AvgIpc) is 2.87. The monoisotopic (exact) mass is 263 g/mol. The van der Waals surface area contributed by atoms with E-state index in [1.165, 1.54) is 42.3 Å². The maximum Gasteiger partial charge on any atom is 0.356 e. The first-order valence-electron chi connectivity index (χ1n) is 5.14. The minimum atomic E-state index is -1.15. The Morgan fingerprint density at radius 2 is 2.21 bits per heavy atom. The lowest BCUT2D eigenvalue weighted by atomic mass is 10.2. The molecule has 0 bridgehead atoms. The fraction of sp³-hybridized carbons (Fsp3) is 0.0909. The summed E-state index contributed by atoms with van der Waals surface area (Å²) in [5.74, 6) is -0.922. The van der Waals surface area contributed by atoms with Gasteiger partial charge in [0.25, 0.3) is 5.69 Å². The average molecular weight is 263 g/mol. The van der Waals surface area contributed by atoms with E-state index in [0.717, 1.165) is 0 Å². The maximum absolute atomic E-state index is 10.7. The van der Waals surface area contributed by atoms with E-state index in [0.29, 0.717) is 5.69 Å². The van der Waals surface area contributed by atoms with Crippen LogP contribution in [0.4, 0.5) is 5.69 Å². The zero-order valence-corrected chi connectivity index (χ0v) is 9.81. The van der Waals surface area contributed by atoms with Gasteiger partial charge in [-0.1, -0.05) is 0 Å².